The molecule has 0 saturated carbocycles. The Bertz CT molecular complexity index is 605. The number of hydrogen-bond donors (Lipinski definition) is 1. The molecule has 138 valence electrons. The van der Waals surface area contributed by atoms with E-state index in [4.69, 9.17) is 14.0 Å². The Morgan fingerprint density at radius 3 is 2.64 bits per heavy atom. The molecule has 7 heteroatoms. The summed E-state index contributed by atoms with van der Waals surface area (Å²) in [6.45, 7) is 9.80. The smallest absolute Gasteiger partial charge is 0.400 e. The van der Waals surface area contributed by atoms with Crippen LogP contribution in [0.5, 0.6) is 0 Å². The molecule has 2 fully saturated rings. The van der Waals surface area contributed by atoms with Crippen LogP contribution in [0.15, 0.2) is 17.9 Å². The first-order valence-corrected chi connectivity index (χ1v) is 9.19. The molecule has 0 amide bonds. The second-order valence-electron chi connectivity index (χ2n) is 7.91. The van der Waals surface area contributed by atoms with Crippen LogP contribution in [0.1, 0.15) is 58.7 Å². The van der Waals surface area contributed by atoms with Gasteiger partial charge in [-0.25, -0.2) is 4.68 Å². The van der Waals surface area contributed by atoms with Crippen molar-refractivity contribution in [3.05, 3.63) is 23.4 Å². The van der Waals surface area contributed by atoms with Crippen LogP contribution >= 0.6 is 0 Å². The molecule has 25 heavy (non-hydrogen) atoms. The molecule has 1 aromatic rings. The van der Waals surface area contributed by atoms with Crippen LogP contribution in [-0.4, -0.2) is 48.3 Å². The van der Waals surface area contributed by atoms with E-state index in [1.54, 1.807) is 0 Å². The summed E-state index contributed by atoms with van der Waals surface area (Å²) in [7, 11) is 1.57. The van der Waals surface area contributed by atoms with Crippen LogP contribution in [0.3, 0.4) is 0 Å². The van der Waals surface area contributed by atoms with Crippen LogP contribution in [0.25, 0.3) is 6.08 Å². The van der Waals surface area contributed by atoms with E-state index >= 15 is 0 Å². The minimum atomic E-state index is -0.355. The first kappa shape index (κ1) is 18.6. The molecule has 0 unspecified atom stereocenters. The summed E-state index contributed by atoms with van der Waals surface area (Å²) in [6, 6.07) is 0. The summed E-state index contributed by atoms with van der Waals surface area (Å²) in [5.41, 5.74) is 1.41. The van der Waals surface area contributed by atoms with Crippen molar-refractivity contribution in [2.75, 3.05) is 20.2 Å². The van der Waals surface area contributed by atoms with Crippen LogP contribution < -0.4 is 5.32 Å². The number of rotatable bonds is 5. The quantitative estimate of drug-likeness (QED) is 0.830. The Hall–Kier alpha value is -1.15. The van der Waals surface area contributed by atoms with E-state index < -0.39 is 0 Å². The highest BCUT2D eigenvalue weighted by Gasteiger charge is 2.52. The third-order valence-corrected chi connectivity index (χ3v) is 5.36. The summed E-state index contributed by atoms with van der Waals surface area (Å²) in [5, 5.41) is 7.69. The molecule has 0 spiro atoms. The third kappa shape index (κ3) is 4.00. The predicted molar refractivity (Wildman–Crippen MR) is 99.1 cm³/mol. The summed E-state index contributed by atoms with van der Waals surface area (Å²) in [6.07, 6.45) is 9.42. The maximum absolute atomic E-state index is 6.19. The maximum atomic E-state index is 6.19. The van der Waals surface area contributed by atoms with Gasteiger partial charge in [-0.15, -0.1) is 0 Å². The average molecular weight is 347 g/mol. The maximum Gasteiger partial charge on any atom is 0.491 e. The Morgan fingerprint density at radius 2 is 2.04 bits per heavy atom. The highest BCUT2D eigenvalue weighted by Crippen LogP contribution is 2.38. The molecule has 1 atom stereocenters. The predicted octanol–water partition coefficient (Wildman–Crippen LogP) is 2.82. The average Bonchev–Trinajstić information content (AvgIpc) is 3.10. The van der Waals surface area contributed by atoms with E-state index in [1.165, 1.54) is 6.42 Å². The lowest BCUT2D eigenvalue weighted by Gasteiger charge is -2.32. The highest BCUT2D eigenvalue weighted by molar-refractivity contribution is 6.55. The van der Waals surface area contributed by atoms with E-state index in [0.29, 0.717) is 6.54 Å². The van der Waals surface area contributed by atoms with E-state index in [0.717, 1.165) is 30.5 Å². The topological polar surface area (TPSA) is 57.5 Å². The molecule has 6 nitrogen and oxygen atoms in total. The van der Waals surface area contributed by atoms with Crippen molar-refractivity contribution in [3.8, 4) is 0 Å². The van der Waals surface area contributed by atoms with Gasteiger partial charge in [0.05, 0.1) is 17.4 Å². The molecule has 2 aliphatic heterocycles. The lowest BCUT2D eigenvalue weighted by atomic mass is 9.77. The fourth-order valence-electron chi connectivity index (χ4n) is 3.13. The van der Waals surface area contributed by atoms with E-state index in [1.807, 2.05) is 24.1 Å². The zero-order valence-corrected chi connectivity index (χ0v) is 16.0. The fourth-order valence-corrected chi connectivity index (χ4v) is 3.13. The number of hydrogen-bond acceptors (Lipinski definition) is 5. The van der Waals surface area contributed by atoms with Gasteiger partial charge < -0.3 is 19.4 Å². The van der Waals surface area contributed by atoms with Gasteiger partial charge in [-0.2, -0.15) is 5.10 Å². The molecule has 1 N–H and O–H groups in total. The minimum absolute atomic E-state index is 0.0560. The molecule has 3 heterocycles. The van der Waals surface area contributed by atoms with Gasteiger partial charge in [-0.1, -0.05) is 6.08 Å². The van der Waals surface area contributed by atoms with Gasteiger partial charge in [0.15, 0.2) is 0 Å². The van der Waals surface area contributed by atoms with Crippen molar-refractivity contribution in [3.63, 3.8) is 0 Å². The van der Waals surface area contributed by atoms with Gasteiger partial charge in [-0.05, 0) is 59.5 Å². The van der Waals surface area contributed by atoms with Crippen molar-refractivity contribution < 1.29 is 14.0 Å². The van der Waals surface area contributed by atoms with Crippen molar-refractivity contribution in [1.82, 2.24) is 15.1 Å². The van der Waals surface area contributed by atoms with Crippen LogP contribution in [0.2, 0.25) is 0 Å². The normalized spacial score (nSPS) is 26.2. The Morgan fingerprint density at radius 1 is 1.32 bits per heavy atom. The number of nitrogens with one attached hydrogen (secondary N) is 1. The standard InChI is InChI=1S/C18H30BN3O3/c1-17(2)18(3,4)25-19(24-17)15(12-20-5)10-14-11-21-22(13-14)16-8-6-7-9-23-16/h10-11,13,16,20H,6-9,12H2,1-5H3/t16-/m0/s1. The fraction of sp³-hybridized carbons (Fsp3) is 0.722. The zero-order chi connectivity index (χ0) is 18.1. The summed E-state index contributed by atoms with van der Waals surface area (Å²) in [4.78, 5) is 0. The SMILES string of the molecule is CNCC(=Cc1cnn([C@@H]2CCCCO2)c1)B1OC(C)(C)C(C)(C)O1. The molecule has 0 aliphatic carbocycles. The van der Waals surface area contributed by atoms with E-state index in [2.05, 4.69) is 44.2 Å². The van der Waals surface area contributed by atoms with Gasteiger partial charge in [0, 0.05) is 24.9 Å². The lowest BCUT2D eigenvalue weighted by Crippen LogP contribution is -2.41. The van der Waals surface area contributed by atoms with Crippen LogP contribution in [0.4, 0.5) is 0 Å². The first-order chi connectivity index (χ1) is 11.8. The largest absolute Gasteiger partial charge is 0.491 e. The molecule has 2 aliphatic rings. The number of aromatic nitrogens is 2. The highest BCUT2D eigenvalue weighted by atomic mass is 16.7. The van der Waals surface area contributed by atoms with Crippen LogP contribution in [0, 0.1) is 0 Å². The molecule has 3 rings (SSSR count). The second-order valence-corrected chi connectivity index (χ2v) is 7.91. The molecular weight excluding hydrogens is 317 g/mol. The van der Waals surface area contributed by atoms with Gasteiger partial charge in [0.2, 0.25) is 0 Å². The first-order valence-electron chi connectivity index (χ1n) is 9.19. The Labute approximate surface area is 151 Å². The number of nitrogens with zero attached hydrogens (tertiary/aromatic N) is 2. The Kier molecular flexibility index (Phi) is 5.39. The summed E-state index contributed by atoms with van der Waals surface area (Å²) in [5.74, 6) is 0. The molecule has 1 aromatic heterocycles. The molecule has 0 aromatic carbocycles. The molecule has 0 radical (unpaired) electrons. The minimum Gasteiger partial charge on any atom is -0.400 e. The third-order valence-electron chi connectivity index (χ3n) is 5.36. The summed E-state index contributed by atoms with van der Waals surface area (Å²) >= 11 is 0. The van der Waals surface area contributed by atoms with Gasteiger partial charge >= 0.3 is 7.12 Å². The van der Waals surface area contributed by atoms with E-state index in [9.17, 15) is 0 Å². The zero-order valence-electron chi connectivity index (χ0n) is 16.0. The van der Waals surface area contributed by atoms with Crippen molar-refractivity contribution in [2.45, 2.75) is 64.4 Å². The Balaban J connectivity index is 1.78. The van der Waals surface area contributed by atoms with Crippen molar-refractivity contribution >= 4 is 13.2 Å². The van der Waals surface area contributed by atoms with Gasteiger partial charge in [0.25, 0.3) is 0 Å². The summed E-state index contributed by atoms with van der Waals surface area (Å²) < 4.78 is 20.1. The molecule has 2 saturated heterocycles. The molecule has 0 bridgehead atoms. The van der Waals surface area contributed by atoms with Crippen molar-refractivity contribution in [1.29, 1.82) is 0 Å². The van der Waals surface area contributed by atoms with Gasteiger partial charge in [0.1, 0.15) is 6.23 Å². The van der Waals surface area contributed by atoms with Gasteiger partial charge in [-0.3, -0.25) is 0 Å². The number of likely N-dealkylation sites (N-methyl/N-ethyl adjacent to an activating group) is 1. The van der Waals surface area contributed by atoms with Crippen LogP contribution in [-0.2, 0) is 14.0 Å². The molecular formula is C18H30BN3O3. The lowest BCUT2D eigenvalue weighted by molar-refractivity contribution is -0.0394. The monoisotopic (exact) mass is 347 g/mol. The van der Waals surface area contributed by atoms with E-state index in [-0.39, 0.29) is 24.5 Å². The van der Waals surface area contributed by atoms with Crippen molar-refractivity contribution in [2.24, 2.45) is 0 Å². The number of ether oxygens (including phenoxy) is 1. The second kappa shape index (κ2) is 7.23.